The van der Waals surface area contributed by atoms with Crippen molar-refractivity contribution in [1.82, 2.24) is 10.2 Å². The number of hydrogen-bond donors (Lipinski definition) is 2. The second-order valence-electron chi connectivity index (χ2n) is 8.71. The molecule has 1 heterocycles. The number of hydrogen-bond acceptors (Lipinski definition) is 4. The van der Waals surface area contributed by atoms with Gasteiger partial charge in [-0.25, -0.2) is 9.59 Å². The number of carboxylic acids is 1. The van der Waals surface area contributed by atoms with Gasteiger partial charge in [0.2, 0.25) is 5.91 Å². The quantitative estimate of drug-likeness (QED) is 0.746. The Labute approximate surface area is 187 Å². The van der Waals surface area contributed by atoms with Crippen LogP contribution in [-0.4, -0.2) is 53.2 Å². The molecule has 1 saturated heterocycles. The fourth-order valence-corrected chi connectivity index (χ4v) is 4.77. The number of amides is 2. The van der Waals surface area contributed by atoms with E-state index < -0.39 is 30.1 Å². The Balaban J connectivity index is 1.38. The molecule has 0 saturated carbocycles. The van der Waals surface area contributed by atoms with Crippen molar-refractivity contribution in [1.29, 1.82) is 0 Å². The van der Waals surface area contributed by atoms with E-state index in [1.54, 1.807) is 6.92 Å². The summed E-state index contributed by atoms with van der Waals surface area (Å²) in [6, 6.07) is 14.4. The average Bonchev–Trinajstić information content (AvgIpc) is 3.11. The van der Waals surface area contributed by atoms with E-state index in [9.17, 15) is 19.5 Å². The first-order chi connectivity index (χ1) is 15.4. The number of ether oxygens (including phenoxy) is 1. The second-order valence-corrected chi connectivity index (χ2v) is 8.71. The molecule has 168 valence electrons. The van der Waals surface area contributed by atoms with Crippen LogP contribution < -0.4 is 5.32 Å². The fourth-order valence-electron chi connectivity index (χ4n) is 4.77. The predicted molar refractivity (Wildman–Crippen MR) is 119 cm³/mol. The summed E-state index contributed by atoms with van der Waals surface area (Å²) < 4.78 is 5.50. The van der Waals surface area contributed by atoms with E-state index in [1.165, 1.54) is 4.90 Å². The monoisotopic (exact) mass is 436 g/mol. The van der Waals surface area contributed by atoms with E-state index in [4.69, 9.17) is 4.74 Å². The minimum absolute atomic E-state index is 0.0702. The number of likely N-dealkylation sites (tertiary alicyclic amines) is 1. The predicted octanol–water partition coefficient (Wildman–Crippen LogP) is 3.63. The Morgan fingerprint density at radius 1 is 1.09 bits per heavy atom. The van der Waals surface area contributed by atoms with Crippen LogP contribution in [0.3, 0.4) is 0 Å². The molecule has 32 heavy (non-hydrogen) atoms. The van der Waals surface area contributed by atoms with Gasteiger partial charge in [-0.15, -0.1) is 0 Å². The van der Waals surface area contributed by atoms with Crippen LogP contribution in [0.1, 0.15) is 43.7 Å². The molecule has 0 bridgehead atoms. The van der Waals surface area contributed by atoms with Crippen LogP contribution >= 0.6 is 0 Å². The number of carboxylic acid groups (broad SMARTS) is 1. The molecule has 0 spiro atoms. The van der Waals surface area contributed by atoms with Crippen molar-refractivity contribution < 1.29 is 24.2 Å². The molecule has 2 unspecified atom stereocenters. The number of fused-ring (bicyclic) bond motifs is 3. The lowest BCUT2D eigenvalue weighted by molar-refractivity contribution is -0.153. The van der Waals surface area contributed by atoms with Gasteiger partial charge in [0.25, 0.3) is 0 Å². The zero-order valence-corrected chi connectivity index (χ0v) is 18.3. The van der Waals surface area contributed by atoms with Gasteiger partial charge in [0.1, 0.15) is 18.7 Å². The van der Waals surface area contributed by atoms with Crippen molar-refractivity contribution in [3.8, 4) is 11.1 Å². The molecule has 0 radical (unpaired) electrons. The minimum Gasteiger partial charge on any atom is -0.480 e. The number of aliphatic carboxylic acids is 1. The number of alkyl carbamates (subject to hydrolysis) is 1. The summed E-state index contributed by atoms with van der Waals surface area (Å²) in [4.78, 5) is 38.3. The highest BCUT2D eigenvalue weighted by Crippen LogP contribution is 2.44. The largest absolute Gasteiger partial charge is 0.480 e. The lowest BCUT2D eigenvalue weighted by Gasteiger charge is -2.37. The van der Waals surface area contributed by atoms with Crippen molar-refractivity contribution in [2.24, 2.45) is 5.92 Å². The number of benzene rings is 2. The van der Waals surface area contributed by atoms with Crippen molar-refractivity contribution in [3.63, 3.8) is 0 Å². The van der Waals surface area contributed by atoms with E-state index in [1.807, 2.05) is 43.3 Å². The SMILES string of the molecule is CC1CCN(C(=O)[C@@H](C)NC(=O)OCC2c3ccccc3-c3ccccc32)C(C(=O)O)C1. The van der Waals surface area contributed by atoms with Crippen LogP contribution in [0.4, 0.5) is 4.79 Å². The van der Waals surface area contributed by atoms with Crippen LogP contribution in [0.25, 0.3) is 11.1 Å². The maximum absolute atomic E-state index is 12.8. The summed E-state index contributed by atoms with van der Waals surface area (Å²) in [5.41, 5.74) is 4.49. The summed E-state index contributed by atoms with van der Waals surface area (Å²) in [7, 11) is 0. The molecule has 1 fully saturated rings. The van der Waals surface area contributed by atoms with Gasteiger partial charge in [-0.05, 0) is 47.9 Å². The summed E-state index contributed by atoms with van der Waals surface area (Å²) in [6.45, 7) is 4.06. The number of nitrogens with one attached hydrogen (secondary N) is 1. The second kappa shape index (κ2) is 9.02. The molecule has 4 rings (SSSR count). The average molecular weight is 437 g/mol. The van der Waals surface area contributed by atoms with E-state index in [2.05, 4.69) is 17.4 Å². The van der Waals surface area contributed by atoms with Gasteiger partial charge in [0.05, 0.1) is 0 Å². The molecule has 3 atom stereocenters. The maximum Gasteiger partial charge on any atom is 0.407 e. The van der Waals surface area contributed by atoms with Crippen LogP contribution in [0, 0.1) is 5.92 Å². The lowest BCUT2D eigenvalue weighted by atomic mass is 9.92. The Morgan fingerprint density at radius 3 is 2.28 bits per heavy atom. The Morgan fingerprint density at radius 2 is 1.69 bits per heavy atom. The molecule has 2 N–H and O–H groups in total. The standard InChI is InChI=1S/C25H28N2O5/c1-15-11-12-27(22(13-15)24(29)30)23(28)16(2)26-25(31)32-14-21-19-9-5-3-7-17(19)18-8-4-6-10-20(18)21/h3-10,15-16,21-22H,11-14H2,1-2H3,(H,26,31)(H,29,30)/t15?,16-,22?/m1/s1. The van der Waals surface area contributed by atoms with Crippen molar-refractivity contribution in [2.45, 2.75) is 44.7 Å². The number of rotatable bonds is 5. The topological polar surface area (TPSA) is 95.9 Å². The Kier molecular flexibility index (Phi) is 6.17. The molecule has 1 aliphatic carbocycles. The minimum atomic E-state index is -1.02. The van der Waals surface area contributed by atoms with Gasteiger partial charge in [-0.1, -0.05) is 55.5 Å². The van der Waals surface area contributed by atoms with Crippen molar-refractivity contribution in [2.75, 3.05) is 13.2 Å². The van der Waals surface area contributed by atoms with Crippen LogP contribution in [0.2, 0.25) is 0 Å². The van der Waals surface area contributed by atoms with Crippen LogP contribution in [0.15, 0.2) is 48.5 Å². The molecule has 0 aromatic heterocycles. The summed E-state index contributed by atoms with van der Waals surface area (Å²) >= 11 is 0. The van der Waals surface area contributed by atoms with E-state index in [-0.39, 0.29) is 18.4 Å². The highest BCUT2D eigenvalue weighted by Gasteiger charge is 2.37. The number of carbonyl (C=O) groups is 3. The van der Waals surface area contributed by atoms with Crippen molar-refractivity contribution >= 4 is 18.0 Å². The number of nitrogens with zero attached hydrogens (tertiary/aromatic N) is 1. The highest BCUT2D eigenvalue weighted by atomic mass is 16.5. The normalized spacial score (nSPS) is 20.8. The molecule has 7 heteroatoms. The third-order valence-electron chi connectivity index (χ3n) is 6.48. The first-order valence-electron chi connectivity index (χ1n) is 11.0. The Bertz CT molecular complexity index is 991. The molecule has 2 amide bonds. The van der Waals surface area contributed by atoms with E-state index >= 15 is 0 Å². The third-order valence-corrected chi connectivity index (χ3v) is 6.48. The molecule has 2 aromatic carbocycles. The van der Waals surface area contributed by atoms with Gasteiger partial charge in [0.15, 0.2) is 0 Å². The first-order valence-corrected chi connectivity index (χ1v) is 11.0. The van der Waals surface area contributed by atoms with E-state index in [0.29, 0.717) is 13.0 Å². The van der Waals surface area contributed by atoms with Crippen LogP contribution in [-0.2, 0) is 14.3 Å². The molecule has 2 aliphatic rings. The summed E-state index contributed by atoms with van der Waals surface area (Å²) in [5.74, 6) is -1.25. The van der Waals surface area contributed by atoms with Gasteiger partial charge in [-0.3, -0.25) is 4.79 Å². The van der Waals surface area contributed by atoms with Gasteiger partial charge < -0.3 is 20.1 Å². The zero-order valence-electron chi connectivity index (χ0n) is 18.3. The lowest BCUT2D eigenvalue weighted by Crippen LogP contribution is -2.55. The molecular weight excluding hydrogens is 408 g/mol. The van der Waals surface area contributed by atoms with Gasteiger partial charge in [0, 0.05) is 12.5 Å². The number of carbonyl (C=O) groups excluding carboxylic acids is 2. The van der Waals surface area contributed by atoms with Crippen LogP contribution in [0.5, 0.6) is 0 Å². The highest BCUT2D eigenvalue weighted by molar-refractivity contribution is 5.89. The molecule has 1 aliphatic heterocycles. The number of piperidine rings is 1. The van der Waals surface area contributed by atoms with Crippen molar-refractivity contribution in [3.05, 3.63) is 59.7 Å². The Hall–Kier alpha value is -3.35. The maximum atomic E-state index is 12.8. The fraction of sp³-hybridized carbons (Fsp3) is 0.400. The van der Waals surface area contributed by atoms with Gasteiger partial charge in [-0.2, -0.15) is 0 Å². The smallest absolute Gasteiger partial charge is 0.407 e. The van der Waals surface area contributed by atoms with Gasteiger partial charge >= 0.3 is 12.1 Å². The molecule has 7 nitrogen and oxygen atoms in total. The third kappa shape index (κ3) is 4.20. The first kappa shape index (κ1) is 21.9. The summed E-state index contributed by atoms with van der Waals surface area (Å²) in [6.07, 6.45) is 0.469. The summed E-state index contributed by atoms with van der Waals surface area (Å²) in [5, 5.41) is 12.1. The zero-order chi connectivity index (χ0) is 22.8. The molecular formula is C25H28N2O5. The van der Waals surface area contributed by atoms with E-state index in [0.717, 1.165) is 28.7 Å². The molecule has 2 aromatic rings.